The molecule has 0 N–H and O–H groups in total. The molecule has 1 aromatic heterocycles. The standard InChI is InChI=1S/C19H16F2N2O4S/c1-11(26-17-6-4-3-5-13(17)20)18-22-23-19(27-18)28-10-15(24)12-7-8-16(25-2)14(21)9-12/h3-9,11H,10H2,1-2H3/t11-/m0/s1. The zero-order valence-electron chi connectivity index (χ0n) is 15.0. The number of aromatic nitrogens is 2. The lowest BCUT2D eigenvalue weighted by atomic mass is 10.1. The molecule has 0 saturated heterocycles. The summed E-state index contributed by atoms with van der Waals surface area (Å²) < 4.78 is 43.1. The summed E-state index contributed by atoms with van der Waals surface area (Å²) in [6, 6.07) is 9.96. The molecule has 2 aromatic carbocycles. The summed E-state index contributed by atoms with van der Waals surface area (Å²) in [6.45, 7) is 1.64. The summed E-state index contributed by atoms with van der Waals surface area (Å²) in [4.78, 5) is 12.2. The monoisotopic (exact) mass is 406 g/mol. The smallest absolute Gasteiger partial charge is 0.277 e. The molecule has 3 rings (SSSR count). The van der Waals surface area contributed by atoms with Crippen LogP contribution in [-0.4, -0.2) is 28.8 Å². The minimum absolute atomic E-state index is 0.0179. The summed E-state index contributed by atoms with van der Waals surface area (Å²) in [7, 11) is 1.35. The summed E-state index contributed by atoms with van der Waals surface area (Å²) in [5.41, 5.74) is 0.210. The molecule has 0 saturated carbocycles. The Bertz CT molecular complexity index is 980. The third-order valence-corrected chi connectivity index (χ3v) is 4.53. The van der Waals surface area contributed by atoms with E-state index >= 15 is 0 Å². The van der Waals surface area contributed by atoms with Crippen molar-refractivity contribution in [3.05, 3.63) is 65.6 Å². The van der Waals surface area contributed by atoms with Gasteiger partial charge in [0.25, 0.3) is 11.1 Å². The van der Waals surface area contributed by atoms with Crippen molar-refractivity contribution in [2.24, 2.45) is 0 Å². The van der Waals surface area contributed by atoms with E-state index in [1.54, 1.807) is 19.1 Å². The fourth-order valence-electron chi connectivity index (χ4n) is 2.27. The van der Waals surface area contributed by atoms with Crippen molar-refractivity contribution < 1.29 is 27.5 Å². The minimum Gasteiger partial charge on any atom is -0.494 e. The second-order valence-corrected chi connectivity index (χ2v) is 6.58. The van der Waals surface area contributed by atoms with E-state index in [0.717, 1.165) is 17.8 Å². The van der Waals surface area contributed by atoms with Crippen molar-refractivity contribution in [1.82, 2.24) is 10.2 Å². The van der Waals surface area contributed by atoms with E-state index < -0.39 is 17.7 Å². The van der Waals surface area contributed by atoms with Gasteiger partial charge in [-0.15, -0.1) is 10.2 Å². The number of ketones is 1. The predicted octanol–water partition coefficient (Wildman–Crippen LogP) is 4.47. The molecule has 0 aliphatic carbocycles. The second-order valence-electron chi connectivity index (χ2n) is 5.66. The molecule has 146 valence electrons. The largest absolute Gasteiger partial charge is 0.494 e. The Morgan fingerprint density at radius 3 is 2.64 bits per heavy atom. The van der Waals surface area contributed by atoms with Gasteiger partial charge < -0.3 is 13.9 Å². The fraction of sp³-hybridized carbons (Fsp3) is 0.211. The van der Waals surface area contributed by atoms with E-state index in [1.807, 2.05) is 0 Å². The molecule has 0 aliphatic rings. The third kappa shape index (κ3) is 4.66. The van der Waals surface area contributed by atoms with Gasteiger partial charge in [-0.25, -0.2) is 8.78 Å². The molecule has 0 aliphatic heterocycles. The van der Waals surface area contributed by atoms with Crippen LogP contribution in [0.3, 0.4) is 0 Å². The Morgan fingerprint density at radius 1 is 1.14 bits per heavy atom. The summed E-state index contributed by atoms with van der Waals surface area (Å²) >= 11 is 1.01. The van der Waals surface area contributed by atoms with Gasteiger partial charge in [0.05, 0.1) is 12.9 Å². The number of halogens is 2. The number of Topliss-reactive ketones (excluding diaryl/α,β-unsaturated/α-hetero) is 1. The molecule has 0 radical (unpaired) electrons. The number of ether oxygens (including phenoxy) is 2. The number of methoxy groups -OCH3 is 1. The van der Waals surface area contributed by atoms with Crippen LogP contribution in [0.4, 0.5) is 8.78 Å². The van der Waals surface area contributed by atoms with Crippen LogP contribution < -0.4 is 9.47 Å². The molecule has 3 aromatic rings. The molecule has 0 bridgehead atoms. The molecule has 28 heavy (non-hydrogen) atoms. The van der Waals surface area contributed by atoms with Gasteiger partial charge in [-0.1, -0.05) is 23.9 Å². The number of hydrogen-bond acceptors (Lipinski definition) is 7. The van der Waals surface area contributed by atoms with Gasteiger partial charge in [-0.05, 0) is 37.3 Å². The van der Waals surface area contributed by atoms with Gasteiger partial charge in [0.15, 0.2) is 35.0 Å². The molecule has 0 spiro atoms. The number of para-hydroxylation sites is 1. The van der Waals surface area contributed by atoms with Crippen molar-refractivity contribution in [3.63, 3.8) is 0 Å². The molecule has 0 fully saturated rings. The van der Waals surface area contributed by atoms with Crippen molar-refractivity contribution in [2.75, 3.05) is 12.9 Å². The van der Waals surface area contributed by atoms with Crippen molar-refractivity contribution >= 4 is 17.5 Å². The Balaban J connectivity index is 1.59. The van der Waals surface area contributed by atoms with Crippen LogP contribution in [0, 0.1) is 11.6 Å². The molecule has 0 amide bonds. The third-order valence-electron chi connectivity index (χ3n) is 3.71. The Hall–Kier alpha value is -2.94. The van der Waals surface area contributed by atoms with Crippen molar-refractivity contribution in [2.45, 2.75) is 18.3 Å². The topological polar surface area (TPSA) is 74.5 Å². The lowest BCUT2D eigenvalue weighted by Crippen LogP contribution is -2.04. The maximum Gasteiger partial charge on any atom is 0.277 e. The summed E-state index contributed by atoms with van der Waals surface area (Å²) in [6.07, 6.45) is -0.676. The molecular weight excluding hydrogens is 390 g/mol. The van der Waals surface area contributed by atoms with E-state index in [4.69, 9.17) is 13.9 Å². The SMILES string of the molecule is COc1ccc(C(=O)CSc2nnc([C@H](C)Oc3ccccc3F)o2)cc1F. The van der Waals surface area contributed by atoms with Gasteiger partial charge >= 0.3 is 0 Å². The number of carbonyl (C=O) groups is 1. The second kappa shape index (κ2) is 8.83. The van der Waals surface area contributed by atoms with Crippen LogP contribution in [0.15, 0.2) is 52.1 Å². The van der Waals surface area contributed by atoms with Crippen LogP contribution in [0.5, 0.6) is 11.5 Å². The first-order chi connectivity index (χ1) is 13.5. The summed E-state index contributed by atoms with van der Waals surface area (Å²) in [5, 5.41) is 7.85. The highest BCUT2D eigenvalue weighted by Gasteiger charge is 2.18. The number of benzene rings is 2. The quantitative estimate of drug-likeness (QED) is 0.404. The van der Waals surface area contributed by atoms with Gasteiger partial charge in [0.2, 0.25) is 0 Å². The van der Waals surface area contributed by atoms with E-state index in [0.29, 0.717) is 0 Å². The van der Waals surface area contributed by atoms with E-state index in [9.17, 15) is 13.6 Å². The molecule has 0 unspecified atom stereocenters. The normalized spacial score (nSPS) is 11.9. The molecule has 9 heteroatoms. The predicted molar refractivity (Wildman–Crippen MR) is 97.7 cm³/mol. The molecule has 1 atom stereocenters. The zero-order valence-corrected chi connectivity index (χ0v) is 15.8. The molecule has 6 nitrogen and oxygen atoms in total. The zero-order chi connectivity index (χ0) is 20.1. The van der Waals surface area contributed by atoms with E-state index in [-0.39, 0.29) is 39.7 Å². The van der Waals surface area contributed by atoms with Gasteiger partial charge in [-0.2, -0.15) is 0 Å². The number of carbonyl (C=O) groups excluding carboxylic acids is 1. The number of hydrogen-bond donors (Lipinski definition) is 0. The maximum absolute atomic E-state index is 13.7. The fourth-order valence-corrected chi connectivity index (χ4v) is 2.94. The first-order valence-electron chi connectivity index (χ1n) is 8.22. The molecular formula is C19H16F2N2O4S. The number of thioether (sulfide) groups is 1. The lowest BCUT2D eigenvalue weighted by molar-refractivity contribution is 0.102. The highest BCUT2D eigenvalue weighted by molar-refractivity contribution is 7.99. The Labute approximate surface area is 163 Å². The Kier molecular flexibility index (Phi) is 6.25. The van der Waals surface area contributed by atoms with Crippen molar-refractivity contribution in [3.8, 4) is 11.5 Å². The van der Waals surface area contributed by atoms with Crippen LogP contribution >= 0.6 is 11.8 Å². The Morgan fingerprint density at radius 2 is 1.93 bits per heavy atom. The molecule has 1 heterocycles. The lowest BCUT2D eigenvalue weighted by Gasteiger charge is -2.11. The van der Waals surface area contributed by atoms with Gasteiger partial charge in [0, 0.05) is 5.56 Å². The minimum atomic E-state index is -0.676. The van der Waals surface area contributed by atoms with Crippen LogP contribution in [0.1, 0.15) is 29.3 Å². The number of nitrogens with zero attached hydrogens (tertiary/aromatic N) is 2. The first kappa shape index (κ1) is 19.8. The van der Waals surface area contributed by atoms with E-state index in [1.165, 1.54) is 31.4 Å². The average Bonchev–Trinajstić information content (AvgIpc) is 3.17. The van der Waals surface area contributed by atoms with Crippen LogP contribution in [0.25, 0.3) is 0 Å². The van der Waals surface area contributed by atoms with Crippen LogP contribution in [0.2, 0.25) is 0 Å². The van der Waals surface area contributed by atoms with Crippen LogP contribution in [-0.2, 0) is 0 Å². The van der Waals surface area contributed by atoms with Gasteiger partial charge in [0.1, 0.15) is 0 Å². The van der Waals surface area contributed by atoms with E-state index in [2.05, 4.69) is 10.2 Å². The number of rotatable bonds is 8. The average molecular weight is 406 g/mol. The summed E-state index contributed by atoms with van der Waals surface area (Å²) in [5.74, 6) is -1.15. The highest BCUT2D eigenvalue weighted by atomic mass is 32.2. The first-order valence-corrected chi connectivity index (χ1v) is 9.20. The maximum atomic E-state index is 13.7. The highest BCUT2D eigenvalue weighted by Crippen LogP contribution is 2.26. The van der Waals surface area contributed by atoms with Gasteiger partial charge in [-0.3, -0.25) is 4.79 Å². The van der Waals surface area contributed by atoms with Crippen molar-refractivity contribution in [1.29, 1.82) is 0 Å².